The second-order valence-corrected chi connectivity index (χ2v) is 7.50. The van der Waals surface area contributed by atoms with Crippen molar-refractivity contribution in [3.05, 3.63) is 12.3 Å². The van der Waals surface area contributed by atoms with Crippen LogP contribution >= 0.6 is 0 Å². The van der Waals surface area contributed by atoms with Gasteiger partial charge < -0.3 is 18.9 Å². The minimum Gasteiger partial charge on any atom is -0.475 e. The molecule has 0 saturated heterocycles. The third-order valence-corrected chi connectivity index (χ3v) is 4.65. The molecule has 0 bridgehead atoms. The third-order valence-electron chi connectivity index (χ3n) is 4.65. The third kappa shape index (κ3) is 21.7. The normalized spacial score (nSPS) is 11.7. The maximum Gasteiger partial charge on any atom is 0.188 e. The van der Waals surface area contributed by atoms with Crippen LogP contribution in [-0.2, 0) is 18.9 Å². The molecule has 0 rings (SSSR count). The fourth-order valence-electron chi connectivity index (χ4n) is 2.83. The smallest absolute Gasteiger partial charge is 0.188 e. The van der Waals surface area contributed by atoms with Gasteiger partial charge in [0, 0.05) is 13.2 Å². The van der Waals surface area contributed by atoms with Gasteiger partial charge in [-0.25, -0.2) is 0 Å². The molecule has 0 aliphatic heterocycles. The summed E-state index contributed by atoms with van der Waals surface area (Å²) in [5.74, 6) is 0. The first-order valence-corrected chi connectivity index (χ1v) is 11.9. The molecule has 0 unspecified atom stereocenters. The van der Waals surface area contributed by atoms with Crippen LogP contribution in [0.1, 0.15) is 111 Å². The summed E-state index contributed by atoms with van der Waals surface area (Å²) in [6, 6.07) is 0. The van der Waals surface area contributed by atoms with Crippen molar-refractivity contribution in [2.24, 2.45) is 0 Å². The summed E-state index contributed by atoms with van der Waals surface area (Å²) in [6.45, 7) is 9.45. The number of unbranched alkanes of at least 4 members (excludes halogenated alkanes) is 9. The van der Waals surface area contributed by atoms with E-state index in [1.54, 1.807) is 6.26 Å². The second-order valence-electron chi connectivity index (χ2n) is 7.50. The first-order valence-electron chi connectivity index (χ1n) is 11.9. The van der Waals surface area contributed by atoms with Crippen molar-refractivity contribution < 1.29 is 18.9 Å². The van der Waals surface area contributed by atoms with E-state index in [1.807, 2.05) is 0 Å². The van der Waals surface area contributed by atoms with Crippen LogP contribution in [-0.4, -0.2) is 32.9 Å². The molecule has 0 aromatic carbocycles. The Morgan fingerprint density at radius 1 is 0.643 bits per heavy atom. The van der Waals surface area contributed by atoms with Gasteiger partial charge in [0.2, 0.25) is 0 Å². The van der Waals surface area contributed by atoms with E-state index in [2.05, 4.69) is 26.8 Å². The zero-order valence-electron chi connectivity index (χ0n) is 19.1. The van der Waals surface area contributed by atoms with Crippen LogP contribution in [0.2, 0.25) is 0 Å². The molecular formula is C24H48O4. The van der Waals surface area contributed by atoms with Crippen LogP contribution in [0.3, 0.4) is 0 Å². The van der Waals surface area contributed by atoms with Crippen molar-refractivity contribution in [1.82, 2.24) is 0 Å². The molecule has 0 aromatic heterocycles. The van der Waals surface area contributed by atoms with E-state index in [4.69, 9.17) is 18.9 Å². The van der Waals surface area contributed by atoms with Crippen molar-refractivity contribution >= 4 is 0 Å². The van der Waals surface area contributed by atoms with Gasteiger partial charge in [0.25, 0.3) is 0 Å². The summed E-state index contributed by atoms with van der Waals surface area (Å²) in [7, 11) is 0. The summed E-state index contributed by atoms with van der Waals surface area (Å²) < 4.78 is 22.7. The van der Waals surface area contributed by atoms with E-state index in [9.17, 15) is 0 Å². The number of allylic oxidation sites excluding steroid dienone is 1. The molecule has 0 N–H and O–H groups in total. The van der Waals surface area contributed by atoms with Crippen LogP contribution in [0.25, 0.3) is 0 Å². The molecule has 0 aliphatic carbocycles. The van der Waals surface area contributed by atoms with Gasteiger partial charge in [-0.2, -0.15) is 0 Å². The molecule has 0 radical (unpaired) electrons. The van der Waals surface area contributed by atoms with Crippen molar-refractivity contribution in [2.45, 2.75) is 117 Å². The zero-order valence-corrected chi connectivity index (χ0v) is 19.1. The van der Waals surface area contributed by atoms with Crippen molar-refractivity contribution in [3.8, 4) is 0 Å². The zero-order chi connectivity index (χ0) is 20.5. The van der Waals surface area contributed by atoms with Gasteiger partial charge in [-0.1, -0.05) is 65.7 Å². The summed E-state index contributed by atoms with van der Waals surface area (Å²) in [5.41, 5.74) is 0. The molecule has 4 nitrogen and oxygen atoms in total. The van der Waals surface area contributed by atoms with E-state index in [0.29, 0.717) is 6.79 Å². The Morgan fingerprint density at radius 2 is 1.25 bits per heavy atom. The van der Waals surface area contributed by atoms with Gasteiger partial charge in [-0.05, 0) is 51.0 Å². The van der Waals surface area contributed by atoms with Gasteiger partial charge in [0.15, 0.2) is 13.1 Å². The molecule has 168 valence electrons. The van der Waals surface area contributed by atoms with Crippen molar-refractivity contribution in [3.63, 3.8) is 0 Å². The molecule has 28 heavy (non-hydrogen) atoms. The van der Waals surface area contributed by atoms with Crippen LogP contribution in [0.5, 0.6) is 0 Å². The Bertz CT molecular complexity index is 295. The highest BCUT2D eigenvalue weighted by Gasteiger charge is 2.08. The first kappa shape index (κ1) is 27.4. The van der Waals surface area contributed by atoms with Crippen LogP contribution in [0.4, 0.5) is 0 Å². The minimum absolute atomic E-state index is 0.0324. The highest BCUT2D eigenvalue weighted by molar-refractivity contribution is 4.72. The highest BCUT2D eigenvalue weighted by Crippen LogP contribution is 2.11. The van der Waals surface area contributed by atoms with Crippen LogP contribution in [0.15, 0.2) is 12.3 Å². The van der Waals surface area contributed by atoms with Gasteiger partial charge >= 0.3 is 0 Å². The molecule has 0 aliphatic rings. The molecule has 0 aromatic rings. The van der Waals surface area contributed by atoms with Crippen molar-refractivity contribution in [2.75, 3.05) is 26.6 Å². The molecule has 4 heteroatoms. The Hall–Kier alpha value is -0.580. The molecule has 0 fully saturated rings. The Balaban J connectivity index is 3.63. The number of hydrogen-bond donors (Lipinski definition) is 0. The first-order chi connectivity index (χ1) is 13.8. The standard InChI is InChI=1S/C24H48O4/c1-4-7-10-16-19-25-23-26-20-17-12-11-13-18-24(27-21-14-8-5-2)28-22-15-9-6-3/h17,20,24H,4-16,18-19,21-23H2,1-3H3. The lowest BCUT2D eigenvalue weighted by Gasteiger charge is -2.18. The quantitative estimate of drug-likeness (QED) is 0.102. The fraction of sp³-hybridized carbons (Fsp3) is 0.917. The predicted molar refractivity (Wildman–Crippen MR) is 118 cm³/mol. The van der Waals surface area contributed by atoms with Gasteiger partial charge in [0.1, 0.15) is 0 Å². The SMILES string of the molecule is CCCCCCOCOC=CCCCCC(OCCCCC)OCCCCC. The molecule has 0 saturated carbocycles. The minimum atomic E-state index is -0.0324. The summed E-state index contributed by atoms with van der Waals surface area (Å²) in [5, 5.41) is 0. The van der Waals surface area contributed by atoms with E-state index >= 15 is 0 Å². The number of hydrogen-bond acceptors (Lipinski definition) is 4. The van der Waals surface area contributed by atoms with Crippen LogP contribution < -0.4 is 0 Å². The van der Waals surface area contributed by atoms with Gasteiger partial charge in [0.05, 0.1) is 12.9 Å². The van der Waals surface area contributed by atoms with Gasteiger partial charge in [-0.15, -0.1) is 0 Å². The molecule has 0 heterocycles. The lowest BCUT2D eigenvalue weighted by atomic mass is 10.2. The average molecular weight is 401 g/mol. The maximum absolute atomic E-state index is 5.95. The number of ether oxygens (including phenoxy) is 4. The second kappa shape index (κ2) is 24.5. The summed E-state index contributed by atoms with van der Waals surface area (Å²) >= 11 is 0. The monoisotopic (exact) mass is 400 g/mol. The Morgan fingerprint density at radius 3 is 1.89 bits per heavy atom. The molecule has 0 amide bonds. The topological polar surface area (TPSA) is 36.9 Å². The summed E-state index contributed by atoms with van der Waals surface area (Å²) in [6.07, 6.45) is 20.2. The Labute approximate surface area is 175 Å². The largest absolute Gasteiger partial charge is 0.475 e. The fourth-order valence-corrected chi connectivity index (χ4v) is 2.83. The Kier molecular flexibility index (Phi) is 24.0. The lowest BCUT2D eigenvalue weighted by Crippen LogP contribution is -2.19. The average Bonchev–Trinajstić information content (AvgIpc) is 2.71. The maximum atomic E-state index is 5.95. The van der Waals surface area contributed by atoms with Crippen LogP contribution in [0, 0.1) is 0 Å². The number of rotatable bonds is 23. The van der Waals surface area contributed by atoms with Gasteiger partial charge in [-0.3, -0.25) is 0 Å². The van der Waals surface area contributed by atoms with E-state index in [0.717, 1.165) is 64.8 Å². The molecule has 0 spiro atoms. The molecule has 0 atom stereocenters. The molecular weight excluding hydrogens is 352 g/mol. The van der Waals surface area contributed by atoms with E-state index in [1.165, 1.54) is 44.9 Å². The highest BCUT2D eigenvalue weighted by atomic mass is 16.7. The van der Waals surface area contributed by atoms with Crippen molar-refractivity contribution in [1.29, 1.82) is 0 Å². The predicted octanol–water partition coefficient (Wildman–Crippen LogP) is 7.37. The lowest BCUT2D eigenvalue weighted by molar-refractivity contribution is -0.147. The van der Waals surface area contributed by atoms with E-state index in [-0.39, 0.29) is 6.29 Å². The summed E-state index contributed by atoms with van der Waals surface area (Å²) in [4.78, 5) is 0. The van der Waals surface area contributed by atoms with E-state index < -0.39 is 0 Å².